The van der Waals surface area contributed by atoms with Gasteiger partial charge in [-0.1, -0.05) is 0 Å². The van der Waals surface area contributed by atoms with Crippen molar-refractivity contribution in [3.05, 3.63) is 24.0 Å². The van der Waals surface area contributed by atoms with Gasteiger partial charge in [0.05, 0.1) is 23.9 Å². The maximum atomic E-state index is 12.0. The minimum absolute atomic E-state index is 0.0114. The van der Waals surface area contributed by atoms with Gasteiger partial charge in [-0.05, 0) is 25.8 Å². The zero-order chi connectivity index (χ0) is 12.3. The monoisotopic (exact) mass is 236 g/mol. The van der Waals surface area contributed by atoms with Gasteiger partial charge in [-0.2, -0.15) is 0 Å². The molecule has 1 atom stereocenters. The third kappa shape index (κ3) is 2.94. The minimum atomic E-state index is -0.333. The SMILES string of the molecule is CC1(NC(=O)c2cncc(O)c2)CCCOC1. The second-order valence-electron chi connectivity index (χ2n) is 4.60. The smallest absolute Gasteiger partial charge is 0.253 e. The van der Waals surface area contributed by atoms with Gasteiger partial charge < -0.3 is 15.2 Å². The quantitative estimate of drug-likeness (QED) is 0.806. The fraction of sp³-hybridized carbons (Fsp3) is 0.500. The van der Waals surface area contributed by atoms with Crippen LogP contribution in [0.1, 0.15) is 30.1 Å². The van der Waals surface area contributed by atoms with Crippen LogP contribution in [-0.4, -0.2) is 34.8 Å². The molecule has 1 aromatic heterocycles. The molecule has 1 saturated heterocycles. The number of carbonyl (C=O) groups is 1. The Bertz CT molecular complexity index is 414. The summed E-state index contributed by atoms with van der Waals surface area (Å²) in [7, 11) is 0. The molecule has 0 saturated carbocycles. The predicted molar refractivity (Wildman–Crippen MR) is 61.8 cm³/mol. The Morgan fingerprint density at radius 2 is 2.41 bits per heavy atom. The van der Waals surface area contributed by atoms with Crippen molar-refractivity contribution < 1.29 is 14.6 Å². The highest BCUT2D eigenvalue weighted by molar-refractivity contribution is 5.94. The molecule has 1 unspecified atom stereocenters. The molecular weight excluding hydrogens is 220 g/mol. The van der Waals surface area contributed by atoms with Crippen molar-refractivity contribution in [1.29, 1.82) is 0 Å². The topological polar surface area (TPSA) is 71.5 Å². The molecule has 92 valence electrons. The van der Waals surface area contributed by atoms with Crippen molar-refractivity contribution in [2.45, 2.75) is 25.3 Å². The van der Waals surface area contributed by atoms with E-state index < -0.39 is 0 Å². The van der Waals surface area contributed by atoms with Crippen molar-refractivity contribution in [1.82, 2.24) is 10.3 Å². The van der Waals surface area contributed by atoms with E-state index in [9.17, 15) is 9.90 Å². The van der Waals surface area contributed by atoms with Crippen molar-refractivity contribution >= 4 is 5.91 Å². The lowest BCUT2D eigenvalue weighted by Gasteiger charge is -2.34. The zero-order valence-corrected chi connectivity index (χ0v) is 9.77. The van der Waals surface area contributed by atoms with Crippen LogP contribution in [-0.2, 0) is 4.74 Å². The first-order valence-corrected chi connectivity index (χ1v) is 5.63. The summed E-state index contributed by atoms with van der Waals surface area (Å²) in [5, 5.41) is 12.2. The van der Waals surface area contributed by atoms with E-state index in [4.69, 9.17) is 4.74 Å². The lowest BCUT2D eigenvalue weighted by Crippen LogP contribution is -2.51. The largest absolute Gasteiger partial charge is 0.506 e. The van der Waals surface area contributed by atoms with Crippen LogP contribution in [0.4, 0.5) is 0 Å². The van der Waals surface area contributed by atoms with E-state index >= 15 is 0 Å². The van der Waals surface area contributed by atoms with Crippen molar-refractivity contribution in [2.75, 3.05) is 13.2 Å². The third-order valence-electron chi connectivity index (χ3n) is 2.84. The van der Waals surface area contributed by atoms with Gasteiger partial charge in [0.25, 0.3) is 5.91 Å². The molecule has 2 heterocycles. The number of hydrogen-bond acceptors (Lipinski definition) is 4. The van der Waals surface area contributed by atoms with Crippen LogP contribution in [0, 0.1) is 0 Å². The van der Waals surface area contributed by atoms with Gasteiger partial charge in [0.15, 0.2) is 0 Å². The van der Waals surface area contributed by atoms with Crippen LogP contribution in [0.3, 0.4) is 0 Å². The normalized spacial score (nSPS) is 24.3. The molecule has 1 aliphatic heterocycles. The van der Waals surface area contributed by atoms with Crippen LogP contribution >= 0.6 is 0 Å². The Kier molecular flexibility index (Phi) is 3.28. The van der Waals surface area contributed by atoms with Crippen LogP contribution in [0.15, 0.2) is 18.5 Å². The van der Waals surface area contributed by atoms with E-state index in [0.717, 1.165) is 19.4 Å². The van der Waals surface area contributed by atoms with Gasteiger partial charge in [-0.15, -0.1) is 0 Å². The molecule has 0 spiro atoms. The van der Waals surface area contributed by atoms with Gasteiger partial charge in [0, 0.05) is 12.8 Å². The highest BCUT2D eigenvalue weighted by Crippen LogP contribution is 2.19. The molecule has 5 heteroatoms. The second-order valence-corrected chi connectivity index (χ2v) is 4.60. The number of carbonyl (C=O) groups excluding carboxylic acids is 1. The molecule has 1 aliphatic rings. The summed E-state index contributed by atoms with van der Waals surface area (Å²) < 4.78 is 5.37. The molecule has 0 bridgehead atoms. The average Bonchev–Trinajstić information content (AvgIpc) is 2.29. The zero-order valence-electron chi connectivity index (χ0n) is 9.77. The summed E-state index contributed by atoms with van der Waals surface area (Å²) in [5.74, 6) is -0.246. The van der Waals surface area contributed by atoms with E-state index in [1.807, 2.05) is 6.92 Å². The van der Waals surface area contributed by atoms with E-state index in [-0.39, 0.29) is 17.2 Å². The fourth-order valence-corrected chi connectivity index (χ4v) is 1.93. The Hall–Kier alpha value is -1.62. The number of aromatic hydroxyl groups is 1. The number of amides is 1. The fourth-order valence-electron chi connectivity index (χ4n) is 1.93. The van der Waals surface area contributed by atoms with Gasteiger partial charge in [-0.3, -0.25) is 9.78 Å². The lowest BCUT2D eigenvalue weighted by molar-refractivity contribution is 0.0272. The third-order valence-corrected chi connectivity index (χ3v) is 2.84. The number of ether oxygens (including phenoxy) is 1. The Morgan fingerprint density at radius 3 is 3.06 bits per heavy atom. The van der Waals surface area contributed by atoms with Crippen molar-refractivity contribution in [2.24, 2.45) is 0 Å². The number of aromatic nitrogens is 1. The van der Waals surface area contributed by atoms with Crippen LogP contribution in [0.2, 0.25) is 0 Å². The van der Waals surface area contributed by atoms with Crippen LogP contribution in [0.25, 0.3) is 0 Å². The Morgan fingerprint density at radius 1 is 1.59 bits per heavy atom. The molecule has 17 heavy (non-hydrogen) atoms. The minimum Gasteiger partial charge on any atom is -0.506 e. The number of nitrogens with one attached hydrogen (secondary N) is 1. The summed E-state index contributed by atoms with van der Waals surface area (Å²) in [6.45, 7) is 3.23. The first-order valence-electron chi connectivity index (χ1n) is 5.63. The summed E-state index contributed by atoms with van der Waals surface area (Å²) in [6.07, 6.45) is 4.56. The molecule has 1 amide bonds. The Balaban J connectivity index is 2.06. The molecule has 5 nitrogen and oxygen atoms in total. The van der Waals surface area contributed by atoms with E-state index in [1.165, 1.54) is 18.5 Å². The van der Waals surface area contributed by atoms with Gasteiger partial charge in [0.2, 0.25) is 0 Å². The number of rotatable bonds is 2. The van der Waals surface area contributed by atoms with E-state index in [1.54, 1.807) is 0 Å². The summed E-state index contributed by atoms with van der Waals surface area (Å²) >= 11 is 0. The number of nitrogens with zero attached hydrogens (tertiary/aromatic N) is 1. The summed E-state index contributed by atoms with van der Waals surface area (Å²) in [4.78, 5) is 15.7. The van der Waals surface area contributed by atoms with Gasteiger partial charge >= 0.3 is 0 Å². The standard InChI is InChI=1S/C12H16N2O3/c1-12(3-2-4-17-8-12)14-11(16)9-5-10(15)7-13-6-9/h5-7,15H,2-4,8H2,1H3,(H,14,16). The molecule has 1 aromatic rings. The van der Waals surface area contributed by atoms with E-state index in [0.29, 0.717) is 12.2 Å². The summed E-state index contributed by atoms with van der Waals surface area (Å²) in [6, 6.07) is 1.40. The van der Waals surface area contributed by atoms with Crippen LogP contribution < -0.4 is 5.32 Å². The maximum Gasteiger partial charge on any atom is 0.253 e. The van der Waals surface area contributed by atoms with Gasteiger partial charge in [-0.25, -0.2) is 0 Å². The summed E-state index contributed by atoms with van der Waals surface area (Å²) in [5.41, 5.74) is 0.0256. The molecule has 1 fully saturated rings. The van der Waals surface area contributed by atoms with Crippen molar-refractivity contribution in [3.8, 4) is 5.75 Å². The highest BCUT2D eigenvalue weighted by atomic mass is 16.5. The molecule has 2 rings (SSSR count). The molecular formula is C12H16N2O3. The lowest BCUT2D eigenvalue weighted by atomic mass is 9.94. The average molecular weight is 236 g/mol. The molecule has 2 N–H and O–H groups in total. The highest BCUT2D eigenvalue weighted by Gasteiger charge is 2.29. The second kappa shape index (κ2) is 4.71. The number of hydrogen-bond donors (Lipinski definition) is 2. The first-order chi connectivity index (χ1) is 8.09. The first kappa shape index (κ1) is 11.9. The molecule has 0 aromatic carbocycles. The number of pyridine rings is 1. The maximum absolute atomic E-state index is 12.0. The van der Waals surface area contributed by atoms with Crippen LogP contribution in [0.5, 0.6) is 5.75 Å². The molecule has 0 aliphatic carbocycles. The van der Waals surface area contributed by atoms with Crippen molar-refractivity contribution in [3.63, 3.8) is 0 Å². The van der Waals surface area contributed by atoms with Gasteiger partial charge in [0.1, 0.15) is 5.75 Å². The predicted octanol–water partition coefficient (Wildman–Crippen LogP) is 1.09. The Labute approximate surface area is 99.8 Å². The molecule has 0 radical (unpaired) electrons. The van der Waals surface area contributed by atoms with E-state index in [2.05, 4.69) is 10.3 Å².